The Labute approximate surface area is 74.0 Å². The number of unbranched alkanes of at least 4 members (excludes halogenated alkanes) is 1. The van der Waals surface area contributed by atoms with Gasteiger partial charge in [0.2, 0.25) is 0 Å². The van der Waals surface area contributed by atoms with Crippen molar-refractivity contribution in [2.24, 2.45) is 11.8 Å². The summed E-state index contributed by atoms with van der Waals surface area (Å²) in [6.07, 6.45) is 6.70. The van der Waals surface area contributed by atoms with Crippen LogP contribution in [0.5, 0.6) is 0 Å². The van der Waals surface area contributed by atoms with Crippen molar-refractivity contribution in [1.82, 2.24) is 0 Å². The van der Waals surface area contributed by atoms with Crippen molar-refractivity contribution in [3.05, 3.63) is 0 Å². The average Bonchev–Trinajstić information content (AvgIpc) is 2.48. The molecule has 0 heterocycles. The smallest absolute Gasteiger partial charge is 0.306 e. The first-order chi connectivity index (χ1) is 5.74. The van der Waals surface area contributed by atoms with Gasteiger partial charge in [-0.3, -0.25) is 4.79 Å². The Hall–Kier alpha value is -0.530. The Morgan fingerprint density at radius 1 is 1.50 bits per heavy atom. The number of hydrogen-bond acceptors (Lipinski definition) is 1. The van der Waals surface area contributed by atoms with Crippen molar-refractivity contribution in [3.63, 3.8) is 0 Å². The van der Waals surface area contributed by atoms with Gasteiger partial charge in [0.1, 0.15) is 0 Å². The number of rotatable bonds is 4. The molecule has 0 saturated heterocycles. The van der Waals surface area contributed by atoms with Gasteiger partial charge < -0.3 is 5.11 Å². The highest BCUT2D eigenvalue weighted by atomic mass is 16.4. The van der Waals surface area contributed by atoms with Gasteiger partial charge in [0.25, 0.3) is 0 Å². The van der Waals surface area contributed by atoms with Crippen molar-refractivity contribution in [2.75, 3.05) is 0 Å². The molecular weight excluding hydrogens is 152 g/mol. The Morgan fingerprint density at radius 3 is 2.75 bits per heavy atom. The lowest BCUT2D eigenvalue weighted by molar-refractivity contribution is -0.141. The molecule has 0 bridgehead atoms. The first kappa shape index (κ1) is 9.56. The van der Waals surface area contributed by atoms with E-state index in [1.807, 2.05) is 0 Å². The standard InChI is InChI=1S/C10H18O2/c1-2-3-4-8-5-6-9(7-8)10(11)12/h8-9H,2-7H2,1H3,(H,11,12). The predicted molar refractivity (Wildman–Crippen MR) is 48.0 cm³/mol. The molecular formula is C10H18O2. The molecule has 12 heavy (non-hydrogen) atoms. The van der Waals surface area contributed by atoms with Crippen molar-refractivity contribution in [2.45, 2.75) is 45.4 Å². The van der Waals surface area contributed by atoms with Crippen LogP contribution in [0.4, 0.5) is 0 Å². The second kappa shape index (κ2) is 4.48. The van der Waals surface area contributed by atoms with Crippen LogP contribution in [0.25, 0.3) is 0 Å². The van der Waals surface area contributed by atoms with Gasteiger partial charge in [-0.15, -0.1) is 0 Å². The van der Waals surface area contributed by atoms with Gasteiger partial charge >= 0.3 is 5.97 Å². The van der Waals surface area contributed by atoms with Gasteiger partial charge in [0, 0.05) is 0 Å². The van der Waals surface area contributed by atoms with E-state index in [1.54, 1.807) is 0 Å². The van der Waals surface area contributed by atoms with Gasteiger partial charge in [0.15, 0.2) is 0 Å². The molecule has 0 aliphatic heterocycles. The molecule has 1 aliphatic rings. The Morgan fingerprint density at radius 2 is 2.25 bits per heavy atom. The highest BCUT2D eigenvalue weighted by Gasteiger charge is 2.28. The maximum Gasteiger partial charge on any atom is 0.306 e. The van der Waals surface area contributed by atoms with E-state index in [2.05, 4.69) is 6.92 Å². The monoisotopic (exact) mass is 170 g/mol. The molecule has 1 fully saturated rings. The molecule has 2 atom stereocenters. The Bertz CT molecular complexity index is 154. The van der Waals surface area contributed by atoms with Crippen molar-refractivity contribution in [1.29, 1.82) is 0 Å². The summed E-state index contributed by atoms with van der Waals surface area (Å²) in [6.45, 7) is 2.18. The normalized spacial score (nSPS) is 29.1. The predicted octanol–water partition coefficient (Wildman–Crippen LogP) is 2.68. The molecule has 0 aromatic rings. The van der Waals surface area contributed by atoms with E-state index in [1.165, 1.54) is 19.3 Å². The number of aliphatic carboxylic acids is 1. The van der Waals surface area contributed by atoms with Crippen LogP contribution in [0, 0.1) is 11.8 Å². The van der Waals surface area contributed by atoms with E-state index in [0.717, 1.165) is 19.3 Å². The first-order valence-electron chi connectivity index (χ1n) is 4.96. The van der Waals surface area contributed by atoms with Gasteiger partial charge in [-0.1, -0.05) is 26.2 Å². The fraction of sp³-hybridized carbons (Fsp3) is 0.900. The van der Waals surface area contributed by atoms with Crippen LogP contribution >= 0.6 is 0 Å². The molecule has 1 N–H and O–H groups in total. The van der Waals surface area contributed by atoms with Crippen LogP contribution in [0.3, 0.4) is 0 Å². The number of carboxylic acids is 1. The van der Waals surface area contributed by atoms with Crippen LogP contribution in [0.15, 0.2) is 0 Å². The fourth-order valence-corrected chi connectivity index (χ4v) is 2.05. The van der Waals surface area contributed by atoms with Crippen LogP contribution in [0.1, 0.15) is 45.4 Å². The summed E-state index contributed by atoms with van der Waals surface area (Å²) < 4.78 is 0. The number of carboxylic acid groups (broad SMARTS) is 1. The highest BCUT2D eigenvalue weighted by molar-refractivity contribution is 5.70. The third-order valence-electron chi connectivity index (χ3n) is 2.86. The lowest BCUT2D eigenvalue weighted by atomic mass is 9.99. The maximum absolute atomic E-state index is 10.6. The Balaban J connectivity index is 2.21. The topological polar surface area (TPSA) is 37.3 Å². The van der Waals surface area contributed by atoms with E-state index in [-0.39, 0.29) is 5.92 Å². The molecule has 0 radical (unpaired) electrons. The highest BCUT2D eigenvalue weighted by Crippen LogP contribution is 2.34. The Kier molecular flexibility index (Phi) is 3.57. The van der Waals surface area contributed by atoms with E-state index in [9.17, 15) is 4.79 Å². The van der Waals surface area contributed by atoms with E-state index in [4.69, 9.17) is 5.11 Å². The van der Waals surface area contributed by atoms with Crippen molar-refractivity contribution in [3.8, 4) is 0 Å². The van der Waals surface area contributed by atoms with Gasteiger partial charge in [-0.05, 0) is 25.2 Å². The summed E-state index contributed by atoms with van der Waals surface area (Å²) in [5.74, 6) is 0.0758. The average molecular weight is 170 g/mol. The second-order valence-electron chi connectivity index (χ2n) is 3.86. The van der Waals surface area contributed by atoms with Crippen molar-refractivity contribution < 1.29 is 9.90 Å². The van der Waals surface area contributed by atoms with Crippen LogP contribution in [-0.2, 0) is 4.79 Å². The van der Waals surface area contributed by atoms with Gasteiger partial charge in [-0.2, -0.15) is 0 Å². The largest absolute Gasteiger partial charge is 0.481 e. The molecule has 1 rings (SSSR count). The van der Waals surface area contributed by atoms with Crippen molar-refractivity contribution >= 4 is 5.97 Å². The van der Waals surface area contributed by atoms with Crippen LogP contribution < -0.4 is 0 Å². The maximum atomic E-state index is 10.6. The molecule has 2 nitrogen and oxygen atoms in total. The SMILES string of the molecule is CCCCC1CCC(C(=O)O)C1. The molecule has 2 heteroatoms. The number of hydrogen-bond donors (Lipinski definition) is 1. The summed E-state index contributed by atoms with van der Waals surface area (Å²) in [5.41, 5.74) is 0. The quantitative estimate of drug-likeness (QED) is 0.704. The molecule has 0 aromatic carbocycles. The minimum atomic E-state index is -0.589. The molecule has 1 aliphatic carbocycles. The zero-order valence-corrected chi connectivity index (χ0v) is 7.75. The summed E-state index contributed by atoms with van der Waals surface area (Å²) in [4.78, 5) is 10.6. The summed E-state index contributed by atoms with van der Waals surface area (Å²) >= 11 is 0. The molecule has 1 saturated carbocycles. The van der Waals surface area contributed by atoms with E-state index in [0.29, 0.717) is 5.92 Å². The third kappa shape index (κ3) is 2.50. The van der Waals surface area contributed by atoms with Gasteiger partial charge in [-0.25, -0.2) is 0 Å². The van der Waals surface area contributed by atoms with Gasteiger partial charge in [0.05, 0.1) is 5.92 Å². The van der Waals surface area contributed by atoms with E-state index >= 15 is 0 Å². The van der Waals surface area contributed by atoms with Crippen LogP contribution in [0.2, 0.25) is 0 Å². The molecule has 2 unspecified atom stereocenters. The summed E-state index contributed by atoms with van der Waals surface area (Å²) in [6, 6.07) is 0. The second-order valence-corrected chi connectivity index (χ2v) is 3.86. The minimum absolute atomic E-state index is 0.0353. The lowest BCUT2D eigenvalue weighted by Gasteiger charge is -2.07. The summed E-state index contributed by atoms with van der Waals surface area (Å²) in [5, 5.41) is 8.76. The molecule has 70 valence electrons. The van der Waals surface area contributed by atoms with Crippen LogP contribution in [-0.4, -0.2) is 11.1 Å². The molecule has 0 spiro atoms. The van der Waals surface area contributed by atoms with E-state index < -0.39 is 5.97 Å². The fourth-order valence-electron chi connectivity index (χ4n) is 2.05. The first-order valence-corrected chi connectivity index (χ1v) is 4.96. The lowest BCUT2D eigenvalue weighted by Crippen LogP contribution is -2.09. The zero-order chi connectivity index (χ0) is 8.97. The number of carbonyl (C=O) groups is 1. The minimum Gasteiger partial charge on any atom is -0.481 e. The zero-order valence-electron chi connectivity index (χ0n) is 7.75. The molecule has 0 aromatic heterocycles. The third-order valence-corrected chi connectivity index (χ3v) is 2.86. The summed E-state index contributed by atoms with van der Waals surface area (Å²) in [7, 11) is 0. The molecule has 0 amide bonds.